The van der Waals surface area contributed by atoms with Gasteiger partial charge in [-0.25, -0.2) is 9.78 Å². The molecule has 1 aromatic heterocycles. The number of thiazole rings is 1. The van der Waals surface area contributed by atoms with Crippen molar-refractivity contribution in [2.45, 2.75) is 48.1 Å². The van der Waals surface area contributed by atoms with Crippen molar-refractivity contribution in [1.29, 1.82) is 0 Å². The van der Waals surface area contributed by atoms with Gasteiger partial charge >= 0.3 is 12.0 Å². The first-order valence-corrected chi connectivity index (χ1v) is 13.1. The predicted molar refractivity (Wildman–Crippen MR) is 126 cm³/mol. The minimum atomic E-state index is -0.865. The molecule has 1 aliphatic rings. The van der Waals surface area contributed by atoms with Gasteiger partial charge in [-0.1, -0.05) is 60.9 Å². The molecule has 2 N–H and O–H groups in total. The summed E-state index contributed by atoms with van der Waals surface area (Å²) in [5.41, 5.74) is 1.30. The van der Waals surface area contributed by atoms with Crippen LogP contribution in [0, 0.1) is 0 Å². The lowest BCUT2D eigenvalue weighted by atomic mass is 9.94. The fourth-order valence-corrected chi connectivity index (χ4v) is 5.93. The maximum absolute atomic E-state index is 13.0. The Hall–Kier alpha value is -1.71. The maximum atomic E-state index is 13.0. The number of carboxylic acids is 1. The van der Waals surface area contributed by atoms with E-state index >= 15 is 0 Å². The van der Waals surface area contributed by atoms with E-state index in [1.54, 1.807) is 6.20 Å². The number of anilines is 1. The van der Waals surface area contributed by atoms with Gasteiger partial charge in [-0.3, -0.25) is 10.1 Å². The van der Waals surface area contributed by atoms with E-state index in [4.69, 9.17) is 5.11 Å². The van der Waals surface area contributed by atoms with Gasteiger partial charge in [0.05, 0.1) is 16.2 Å². The lowest BCUT2D eigenvalue weighted by Crippen LogP contribution is -2.45. The number of carbonyl (C=O) groups is 2. The molecule has 0 saturated heterocycles. The second-order valence-corrected chi connectivity index (χ2v) is 10.5. The number of carbonyl (C=O) groups excluding carboxylic acids is 1. The topological polar surface area (TPSA) is 82.5 Å². The van der Waals surface area contributed by atoms with Crippen molar-refractivity contribution >= 4 is 52.0 Å². The molecular weight excluding hydrogens is 438 g/mol. The number of nitrogens with one attached hydrogen (secondary N) is 1. The van der Waals surface area contributed by atoms with Crippen molar-refractivity contribution in [1.82, 2.24) is 9.88 Å². The molecule has 1 aromatic carbocycles. The van der Waals surface area contributed by atoms with Crippen LogP contribution in [0.25, 0.3) is 0 Å². The van der Waals surface area contributed by atoms with Crippen LogP contribution < -0.4 is 5.32 Å². The standard InChI is InChI=1S/C21H27N3O3S3/c25-18(26)15-29-19-13-22-20(30-19)23-21(27)24(17-9-5-2-6-10-17)11-12-28-14-16-7-3-1-4-8-16/h1,3-4,7-8,13,17H,2,5-6,9-12,14-15H2,(H,25,26)(H,22,23,27). The van der Waals surface area contributed by atoms with Crippen molar-refractivity contribution < 1.29 is 14.7 Å². The smallest absolute Gasteiger partial charge is 0.323 e. The number of hydrogen-bond acceptors (Lipinski definition) is 6. The highest BCUT2D eigenvalue weighted by Crippen LogP contribution is 2.29. The highest BCUT2D eigenvalue weighted by molar-refractivity contribution is 8.01. The third-order valence-electron chi connectivity index (χ3n) is 4.90. The molecule has 0 spiro atoms. The van der Waals surface area contributed by atoms with Crippen molar-refractivity contribution in [3.05, 3.63) is 42.1 Å². The normalized spacial score (nSPS) is 14.4. The zero-order chi connectivity index (χ0) is 21.2. The van der Waals surface area contributed by atoms with Crippen molar-refractivity contribution in [3.63, 3.8) is 0 Å². The summed E-state index contributed by atoms with van der Waals surface area (Å²) in [6, 6.07) is 10.5. The first-order valence-electron chi connectivity index (χ1n) is 10.1. The molecule has 6 nitrogen and oxygen atoms in total. The molecule has 0 atom stereocenters. The number of thioether (sulfide) groups is 2. The molecule has 1 heterocycles. The summed E-state index contributed by atoms with van der Waals surface area (Å²) in [5.74, 6) is 0.951. The van der Waals surface area contributed by atoms with Crippen LogP contribution in [-0.2, 0) is 10.5 Å². The van der Waals surface area contributed by atoms with Crippen LogP contribution in [0.15, 0.2) is 40.7 Å². The van der Waals surface area contributed by atoms with Gasteiger partial charge in [-0.15, -0.1) is 11.8 Å². The Morgan fingerprint density at radius 2 is 1.97 bits per heavy atom. The number of carboxylic acid groups (broad SMARTS) is 1. The van der Waals surface area contributed by atoms with E-state index in [9.17, 15) is 9.59 Å². The van der Waals surface area contributed by atoms with Gasteiger partial charge in [0.1, 0.15) is 0 Å². The first-order chi connectivity index (χ1) is 14.6. The summed E-state index contributed by atoms with van der Waals surface area (Å²) >= 11 is 4.38. The van der Waals surface area contributed by atoms with Crippen molar-refractivity contribution in [2.75, 3.05) is 23.4 Å². The first kappa shape index (κ1) is 23.0. The number of hydrogen-bond donors (Lipinski definition) is 2. The van der Waals surface area contributed by atoms with Crippen LogP contribution >= 0.6 is 34.9 Å². The Labute approximate surface area is 189 Å². The third-order valence-corrected chi connectivity index (χ3v) is 8.00. The highest BCUT2D eigenvalue weighted by Gasteiger charge is 2.25. The predicted octanol–water partition coefficient (Wildman–Crippen LogP) is 5.42. The maximum Gasteiger partial charge on any atom is 0.323 e. The Balaban J connectivity index is 1.54. The van der Waals surface area contributed by atoms with E-state index in [2.05, 4.69) is 34.6 Å². The number of aromatic nitrogens is 1. The molecule has 30 heavy (non-hydrogen) atoms. The quantitative estimate of drug-likeness (QED) is 0.360. The van der Waals surface area contributed by atoms with E-state index in [1.807, 2.05) is 22.7 Å². The van der Waals surface area contributed by atoms with Gasteiger partial charge in [-0.05, 0) is 18.4 Å². The number of benzene rings is 1. The number of nitrogens with zero attached hydrogens (tertiary/aromatic N) is 2. The minimum absolute atomic E-state index is 0.0115. The van der Waals surface area contributed by atoms with Crippen LogP contribution in [-0.4, -0.2) is 51.1 Å². The number of amides is 2. The van der Waals surface area contributed by atoms with E-state index in [0.29, 0.717) is 11.7 Å². The zero-order valence-electron chi connectivity index (χ0n) is 16.8. The number of urea groups is 1. The van der Waals surface area contributed by atoms with Gasteiger partial charge in [0.15, 0.2) is 5.13 Å². The van der Waals surface area contributed by atoms with Crippen LogP contribution in [0.1, 0.15) is 37.7 Å². The number of aliphatic carboxylic acids is 1. The second-order valence-electron chi connectivity index (χ2n) is 7.12. The van der Waals surface area contributed by atoms with E-state index in [0.717, 1.165) is 28.6 Å². The summed E-state index contributed by atoms with van der Waals surface area (Å²) in [7, 11) is 0. The summed E-state index contributed by atoms with van der Waals surface area (Å²) in [6.07, 6.45) is 7.29. The van der Waals surface area contributed by atoms with Crippen LogP contribution in [0.4, 0.5) is 9.93 Å². The molecule has 2 amide bonds. The van der Waals surface area contributed by atoms with Gasteiger partial charge in [0, 0.05) is 24.1 Å². The molecule has 162 valence electrons. The monoisotopic (exact) mass is 465 g/mol. The molecule has 0 bridgehead atoms. The molecule has 1 saturated carbocycles. The minimum Gasteiger partial charge on any atom is -0.481 e. The van der Waals surface area contributed by atoms with E-state index in [1.165, 1.54) is 47.9 Å². The molecule has 1 fully saturated rings. The summed E-state index contributed by atoms with van der Waals surface area (Å²) in [4.78, 5) is 30.0. The van der Waals surface area contributed by atoms with Crippen molar-refractivity contribution in [3.8, 4) is 0 Å². The molecule has 0 aliphatic heterocycles. The van der Waals surface area contributed by atoms with Gasteiger partial charge in [0.2, 0.25) is 0 Å². The lowest BCUT2D eigenvalue weighted by Gasteiger charge is -2.34. The Bertz CT molecular complexity index is 810. The largest absolute Gasteiger partial charge is 0.481 e. The molecule has 3 rings (SSSR count). The molecular formula is C21H27N3O3S3. The van der Waals surface area contributed by atoms with Crippen LogP contribution in [0.5, 0.6) is 0 Å². The molecule has 1 aliphatic carbocycles. The highest BCUT2D eigenvalue weighted by atomic mass is 32.2. The van der Waals surface area contributed by atoms with Gasteiger partial charge < -0.3 is 10.0 Å². The molecule has 0 unspecified atom stereocenters. The van der Waals surface area contributed by atoms with Gasteiger partial charge in [-0.2, -0.15) is 11.8 Å². The third kappa shape index (κ3) is 7.52. The summed E-state index contributed by atoms with van der Waals surface area (Å²) < 4.78 is 0.787. The lowest BCUT2D eigenvalue weighted by molar-refractivity contribution is -0.133. The Morgan fingerprint density at radius 1 is 1.20 bits per heavy atom. The van der Waals surface area contributed by atoms with Crippen LogP contribution in [0.3, 0.4) is 0 Å². The fraction of sp³-hybridized carbons (Fsp3) is 0.476. The summed E-state index contributed by atoms with van der Waals surface area (Å²) in [5, 5.41) is 12.3. The van der Waals surface area contributed by atoms with Crippen molar-refractivity contribution in [2.24, 2.45) is 0 Å². The van der Waals surface area contributed by atoms with E-state index in [-0.39, 0.29) is 17.8 Å². The second kappa shape index (κ2) is 12.2. The van der Waals surface area contributed by atoms with Crippen LogP contribution in [0.2, 0.25) is 0 Å². The SMILES string of the molecule is O=C(O)CSc1cnc(NC(=O)N(CCSCc2ccccc2)C2CCCCC2)s1. The Kier molecular flexibility index (Phi) is 9.35. The molecule has 9 heteroatoms. The average molecular weight is 466 g/mol. The molecule has 0 radical (unpaired) electrons. The zero-order valence-corrected chi connectivity index (χ0v) is 19.2. The number of rotatable bonds is 10. The Morgan fingerprint density at radius 3 is 2.70 bits per heavy atom. The van der Waals surface area contributed by atoms with E-state index < -0.39 is 5.97 Å². The van der Waals surface area contributed by atoms with Gasteiger partial charge in [0.25, 0.3) is 0 Å². The fourth-order valence-electron chi connectivity index (χ4n) is 3.45. The summed E-state index contributed by atoms with van der Waals surface area (Å²) in [6.45, 7) is 0.708. The average Bonchev–Trinajstić information content (AvgIpc) is 3.21. The molecule has 2 aromatic rings.